The highest BCUT2D eigenvalue weighted by Gasteiger charge is 2.13. The third-order valence-electron chi connectivity index (χ3n) is 4.30. The average Bonchev–Trinajstić information content (AvgIpc) is 3.20. The van der Waals surface area contributed by atoms with Gasteiger partial charge in [0.05, 0.1) is 13.7 Å². The number of halogens is 1. The maximum Gasteiger partial charge on any atom is 0.262 e. The van der Waals surface area contributed by atoms with Crippen LogP contribution in [0.3, 0.4) is 0 Å². The zero-order valence-corrected chi connectivity index (χ0v) is 18.8. The molecule has 0 fully saturated rings. The Morgan fingerprint density at radius 1 is 1.26 bits per heavy atom. The molecule has 1 aromatic heterocycles. The molecule has 0 aliphatic rings. The topological polar surface area (TPSA) is 103 Å². The van der Waals surface area contributed by atoms with Gasteiger partial charge in [-0.2, -0.15) is 0 Å². The number of methoxy groups -OCH3 is 1. The molecule has 162 valence electrons. The summed E-state index contributed by atoms with van der Waals surface area (Å²) in [6, 6.07) is 11.1. The van der Waals surface area contributed by atoms with Gasteiger partial charge >= 0.3 is 0 Å². The number of allylic oxidation sites excluding steroid dienone is 1. The molecule has 9 nitrogen and oxygen atoms in total. The Bertz CT molecular complexity index is 1050. The summed E-state index contributed by atoms with van der Waals surface area (Å²) >= 11 is 3.54. The van der Waals surface area contributed by atoms with Crippen molar-refractivity contribution < 1.29 is 14.3 Å². The third-order valence-corrected chi connectivity index (χ3v) is 5.04. The van der Waals surface area contributed by atoms with Crippen molar-refractivity contribution in [1.82, 2.24) is 20.2 Å². The van der Waals surface area contributed by atoms with E-state index < -0.39 is 0 Å². The minimum absolute atomic E-state index is 0.148. The van der Waals surface area contributed by atoms with Gasteiger partial charge in [0.25, 0.3) is 5.91 Å². The van der Waals surface area contributed by atoms with Crippen LogP contribution in [0.1, 0.15) is 11.1 Å². The van der Waals surface area contributed by atoms with Gasteiger partial charge in [0.15, 0.2) is 18.1 Å². The van der Waals surface area contributed by atoms with Crippen molar-refractivity contribution in [3.05, 3.63) is 64.7 Å². The number of rotatable bonds is 10. The summed E-state index contributed by atoms with van der Waals surface area (Å²) in [6.07, 6.45) is 1.71. The molecule has 10 heteroatoms. The van der Waals surface area contributed by atoms with Crippen LogP contribution in [-0.4, -0.2) is 39.8 Å². The van der Waals surface area contributed by atoms with Gasteiger partial charge in [-0.15, -0.1) is 6.58 Å². The number of carbonyl (C=O) groups is 1. The lowest BCUT2D eigenvalue weighted by molar-refractivity contribution is -0.118. The van der Waals surface area contributed by atoms with Crippen LogP contribution in [0, 0.1) is 6.92 Å². The molecule has 3 rings (SSSR count). The predicted molar refractivity (Wildman–Crippen MR) is 121 cm³/mol. The molecule has 0 radical (unpaired) electrons. The largest absolute Gasteiger partial charge is 0.493 e. The summed E-state index contributed by atoms with van der Waals surface area (Å²) in [7, 11) is 1.55. The Kier molecular flexibility index (Phi) is 7.60. The van der Waals surface area contributed by atoms with Crippen molar-refractivity contribution in [2.75, 3.05) is 24.4 Å². The molecule has 0 saturated heterocycles. The van der Waals surface area contributed by atoms with Gasteiger partial charge in [-0.3, -0.25) is 4.79 Å². The SMILES string of the molecule is C=CCn1nnnc1NCc1cc(OC)c(OCC(=O)Nc2ccc(C)cc2)cc1Br. The lowest BCUT2D eigenvalue weighted by atomic mass is 10.2. The van der Waals surface area contributed by atoms with Gasteiger partial charge in [0.1, 0.15) is 0 Å². The Hall–Kier alpha value is -3.40. The van der Waals surface area contributed by atoms with E-state index in [0.29, 0.717) is 36.2 Å². The van der Waals surface area contributed by atoms with E-state index >= 15 is 0 Å². The number of hydrogen-bond donors (Lipinski definition) is 2. The molecule has 0 unspecified atom stereocenters. The number of amides is 1. The highest BCUT2D eigenvalue weighted by molar-refractivity contribution is 9.10. The summed E-state index contributed by atoms with van der Waals surface area (Å²) in [6.45, 7) is 6.47. The van der Waals surface area contributed by atoms with Gasteiger partial charge in [-0.25, -0.2) is 4.68 Å². The minimum atomic E-state index is -0.262. The van der Waals surface area contributed by atoms with E-state index in [1.807, 2.05) is 37.3 Å². The van der Waals surface area contributed by atoms with E-state index in [9.17, 15) is 4.79 Å². The summed E-state index contributed by atoms with van der Waals surface area (Å²) in [5, 5.41) is 17.5. The first-order valence-electron chi connectivity index (χ1n) is 9.46. The normalized spacial score (nSPS) is 10.4. The number of ether oxygens (including phenoxy) is 2. The maximum atomic E-state index is 12.2. The van der Waals surface area contributed by atoms with Gasteiger partial charge < -0.3 is 20.1 Å². The number of hydrogen-bond acceptors (Lipinski definition) is 7. The van der Waals surface area contributed by atoms with Gasteiger partial charge in [-0.05, 0) is 47.2 Å². The zero-order chi connectivity index (χ0) is 22.2. The molecular formula is C21H23BrN6O3. The quantitative estimate of drug-likeness (QED) is 0.422. The third kappa shape index (κ3) is 6.05. The molecule has 1 amide bonds. The molecule has 31 heavy (non-hydrogen) atoms. The van der Waals surface area contributed by atoms with Crippen molar-refractivity contribution in [1.29, 1.82) is 0 Å². The molecule has 2 N–H and O–H groups in total. The molecule has 0 aliphatic carbocycles. The van der Waals surface area contributed by atoms with Gasteiger partial charge in [-0.1, -0.05) is 44.8 Å². The highest BCUT2D eigenvalue weighted by atomic mass is 79.9. The van der Waals surface area contributed by atoms with Crippen molar-refractivity contribution in [3.8, 4) is 11.5 Å². The molecule has 0 saturated carbocycles. The van der Waals surface area contributed by atoms with E-state index in [1.54, 1.807) is 23.9 Å². The second kappa shape index (κ2) is 10.6. The van der Waals surface area contributed by atoms with Gasteiger partial charge in [0.2, 0.25) is 5.95 Å². The summed E-state index contributed by atoms with van der Waals surface area (Å²) in [5.74, 6) is 1.23. The van der Waals surface area contributed by atoms with Crippen LogP contribution in [-0.2, 0) is 17.9 Å². The first-order chi connectivity index (χ1) is 15.0. The second-order valence-corrected chi connectivity index (χ2v) is 7.48. The van der Waals surface area contributed by atoms with E-state index in [2.05, 4.69) is 48.7 Å². The lowest BCUT2D eigenvalue weighted by Gasteiger charge is -2.14. The van der Waals surface area contributed by atoms with Crippen LogP contribution in [0.2, 0.25) is 0 Å². The number of aryl methyl sites for hydroxylation is 1. The van der Waals surface area contributed by atoms with Crippen molar-refractivity contribution in [3.63, 3.8) is 0 Å². The number of tetrazole rings is 1. The molecule has 1 heterocycles. The predicted octanol–water partition coefficient (Wildman–Crippen LogP) is 3.57. The number of carbonyl (C=O) groups excluding carboxylic acids is 1. The van der Waals surface area contributed by atoms with Crippen LogP contribution in [0.15, 0.2) is 53.5 Å². The molecule has 0 spiro atoms. The Balaban J connectivity index is 1.63. The summed E-state index contributed by atoms with van der Waals surface area (Å²) < 4.78 is 13.5. The molecule has 3 aromatic rings. The molecule has 0 aliphatic heterocycles. The fraction of sp³-hybridized carbons (Fsp3) is 0.238. The number of nitrogens with zero attached hydrogens (tertiary/aromatic N) is 4. The first kappa shape index (κ1) is 22.3. The monoisotopic (exact) mass is 486 g/mol. The summed E-state index contributed by atoms with van der Waals surface area (Å²) in [5.41, 5.74) is 2.74. The Morgan fingerprint density at radius 2 is 2.03 bits per heavy atom. The first-order valence-corrected chi connectivity index (χ1v) is 10.3. The van der Waals surface area contributed by atoms with Crippen LogP contribution in [0.4, 0.5) is 11.6 Å². The summed E-state index contributed by atoms with van der Waals surface area (Å²) in [4.78, 5) is 12.2. The fourth-order valence-electron chi connectivity index (χ4n) is 2.71. The highest BCUT2D eigenvalue weighted by Crippen LogP contribution is 2.34. The van der Waals surface area contributed by atoms with E-state index in [4.69, 9.17) is 9.47 Å². The van der Waals surface area contributed by atoms with Crippen molar-refractivity contribution >= 4 is 33.5 Å². The number of benzene rings is 2. The molecule has 2 aromatic carbocycles. The van der Waals surface area contributed by atoms with Crippen molar-refractivity contribution in [2.45, 2.75) is 20.0 Å². The molecule has 0 bridgehead atoms. The van der Waals surface area contributed by atoms with Crippen LogP contribution >= 0.6 is 15.9 Å². The van der Waals surface area contributed by atoms with E-state index in [0.717, 1.165) is 15.6 Å². The molecule has 0 atom stereocenters. The Morgan fingerprint density at radius 3 is 2.74 bits per heavy atom. The zero-order valence-electron chi connectivity index (χ0n) is 17.3. The standard InChI is InChI=1S/C21H23BrN6O3/c1-4-9-28-21(25-26-27-28)23-12-15-10-18(30-3)19(11-17(15)22)31-13-20(29)24-16-7-5-14(2)6-8-16/h4-8,10-11H,1,9,12-13H2,2-3H3,(H,24,29)(H,23,25,27). The van der Waals surface area contributed by atoms with Crippen LogP contribution in [0.5, 0.6) is 11.5 Å². The second-order valence-electron chi connectivity index (χ2n) is 6.62. The fourth-order valence-corrected chi connectivity index (χ4v) is 3.18. The number of nitrogens with one attached hydrogen (secondary N) is 2. The minimum Gasteiger partial charge on any atom is -0.493 e. The van der Waals surface area contributed by atoms with E-state index in [1.165, 1.54) is 0 Å². The molecular weight excluding hydrogens is 464 g/mol. The maximum absolute atomic E-state index is 12.2. The number of anilines is 2. The smallest absolute Gasteiger partial charge is 0.262 e. The average molecular weight is 487 g/mol. The van der Waals surface area contributed by atoms with Crippen LogP contribution in [0.25, 0.3) is 0 Å². The number of aromatic nitrogens is 4. The van der Waals surface area contributed by atoms with Crippen molar-refractivity contribution in [2.24, 2.45) is 0 Å². The Labute approximate surface area is 188 Å². The lowest BCUT2D eigenvalue weighted by Crippen LogP contribution is -2.20. The van der Waals surface area contributed by atoms with Gasteiger partial charge in [0, 0.05) is 16.7 Å². The van der Waals surface area contributed by atoms with E-state index in [-0.39, 0.29) is 12.5 Å². The van der Waals surface area contributed by atoms with Crippen LogP contribution < -0.4 is 20.1 Å².